The summed E-state index contributed by atoms with van der Waals surface area (Å²) in [6.45, 7) is 7.41. The third kappa shape index (κ3) is 6.01. The molecule has 13 heteroatoms. The third-order valence-electron chi connectivity index (χ3n) is 7.27. The molecule has 2 aromatic carbocycles. The maximum absolute atomic E-state index is 14.8. The Balaban J connectivity index is 1.65. The molecule has 3 aromatic rings. The fraction of sp³-hybridized carbons (Fsp3) is 0.267. The standard InChI is InChI=1S/C30H22ClF3N6O3/c1-36-19-11-18(32)12-21(13-19)39(29(43)24-6-7-26(41)40(24)25-10-17(16-35)8-9-37-25)27(22-4-2-3-5-23(22)31)28(42)38-20-14-30(33,34)15-20/h2-5,8-13,20,24,27H,6-7,14-15H2,(H,38,42)/t24-,27-/m0/s1. The van der Waals surface area contributed by atoms with Crippen molar-refractivity contribution in [2.75, 3.05) is 9.80 Å². The predicted molar refractivity (Wildman–Crippen MR) is 150 cm³/mol. The predicted octanol–water partition coefficient (Wildman–Crippen LogP) is 5.48. The van der Waals surface area contributed by atoms with E-state index in [1.165, 1.54) is 36.5 Å². The Hall–Kier alpha value is -4.94. The Morgan fingerprint density at radius 3 is 2.63 bits per heavy atom. The van der Waals surface area contributed by atoms with Gasteiger partial charge in [-0.3, -0.25) is 24.2 Å². The summed E-state index contributed by atoms with van der Waals surface area (Å²) < 4.78 is 42.1. The first kappa shape index (κ1) is 29.5. The molecule has 9 nitrogen and oxygen atoms in total. The first-order chi connectivity index (χ1) is 20.5. The number of anilines is 2. The summed E-state index contributed by atoms with van der Waals surface area (Å²) in [4.78, 5) is 51.0. The van der Waals surface area contributed by atoms with E-state index in [0.29, 0.717) is 0 Å². The topological polar surface area (TPSA) is 111 Å². The van der Waals surface area contributed by atoms with Crippen LogP contribution in [0.2, 0.25) is 5.02 Å². The number of nitrogens with one attached hydrogen (secondary N) is 1. The second kappa shape index (κ2) is 11.7. The minimum Gasteiger partial charge on any atom is -0.351 e. The maximum atomic E-state index is 14.8. The molecular weight excluding hydrogens is 585 g/mol. The van der Waals surface area contributed by atoms with Crippen molar-refractivity contribution in [2.45, 2.75) is 49.7 Å². The average Bonchev–Trinajstić information content (AvgIpc) is 3.35. The van der Waals surface area contributed by atoms with Crippen LogP contribution in [0.15, 0.2) is 60.8 Å². The number of amides is 3. The molecule has 1 saturated heterocycles. The molecule has 3 amide bonds. The van der Waals surface area contributed by atoms with Crippen LogP contribution in [-0.4, -0.2) is 40.7 Å². The molecule has 43 heavy (non-hydrogen) atoms. The summed E-state index contributed by atoms with van der Waals surface area (Å²) in [5, 5.41) is 12.0. The van der Waals surface area contributed by atoms with Crippen LogP contribution >= 0.6 is 11.6 Å². The van der Waals surface area contributed by atoms with E-state index in [1.54, 1.807) is 12.1 Å². The molecule has 0 spiro atoms. The van der Waals surface area contributed by atoms with Gasteiger partial charge in [-0.1, -0.05) is 29.8 Å². The molecule has 1 saturated carbocycles. The Morgan fingerprint density at radius 1 is 1.21 bits per heavy atom. The number of benzene rings is 2. The lowest BCUT2D eigenvalue weighted by Gasteiger charge is -2.39. The van der Waals surface area contributed by atoms with Crippen molar-refractivity contribution in [3.8, 4) is 6.07 Å². The van der Waals surface area contributed by atoms with E-state index in [4.69, 9.17) is 18.2 Å². The number of carbonyl (C=O) groups excluding carboxylic acids is 3. The van der Waals surface area contributed by atoms with Gasteiger partial charge in [-0.05, 0) is 42.8 Å². The van der Waals surface area contributed by atoms with Gasteiger partial charge in [0.1, 0.15) is 23.7 Å². The Morgan fingerprint density at radius 2 is 1.95 bits per heavy atom. The number of nitriles is 1. The van der Waals surface area contributed by atoms with Gasteiger partial charge >= 0.3 is 0 Å². The number of pyridine rings is 1. The molecule has 218 valence electrons. The van der Waals surface area contributed by atoms with E-state index in [-0.39, 0.29) is 46.2 Å². The molecule has 1 aliphatic heterocycles. The fourth-order valence-corrected chi connectivity index (χ4v) is 5.53. The van der Waals surface area contributed by atoms with Crippen molar-refractivity contribution in [1.82, 2.24) is 10.3 Å². The molecule has 5 rings (SSSR count). The molecule has 2 heterocycles. The van der Waals surface area contributed by atoms with Crippen LogP contribution in [0.25, 0.3) is 4.85 Å². The number of halogens is 4. The van der Waals surface area contributed by atoms with E-state index in [2.05, 4.69) is 15.1 Å². The van der Waals surface area contributed by atoms with Gasteiger partial charge in [-0.25, -0.2) is 23.0 Å². The minimum atomic E-state index is -2.95. The van der Waals surface area contributed by atoms with Crippen molar-refractivity contribution >= 4 is 46.5 Å². The van der Waals surface area contributed by atoms with Gasteiger partial charge in [0.2, 0.25) is 11.8 Å². The minimum absolute atomic E-state index is 0.0106. The van der Waals surface area contributed by atoms with Gasteiger partial charge in [0.15, 0.2) is 5.69 Å². The molecule has 2 aliphatic rings. The largest absolute Gasteiger partial charge is 0.351 e. The number of nitrogens with zero attached hydrogens (tertiary/aromatic N) is 5. The lowest BCUT2D eigenvalue weighted by Crippen LogP contribution is -2.56. The summed E-state index contributed by atoms with van der Waals surface area (Å²) in [6.07, 6.45) is 0.0233. The fourth-order valence-electron chi connectivity index (χ4n) is 5.29. The third-order valence-corrected chi connectivity index (χ3v) is 7.62. The van der Waals surface area contributed by atoms with Gasteiger partial charge in [0, 0.05) is 47.8 Å². The van der Waals surface area contributed by atoms with Crippen molar-refractivity contribution in [3.05, 3.63) is 94.2 Å². The summed E-state index contributed by atoms with van der Waals surface area (Å²) in [5.74, 6) is -5.97. The monoisotopic (exact) mass is 606 g/mol. The molecule has 1 aromatic heterocycles. The maximum Gasteiger partial charge on any atom is 0.252 e. The van der Waals surface area contributed by atoms with Gasteiger partial charge in [0.25, 0.3) is 11.8 Å². The van der Waals surface area contributed by atoms with Crippen LogP contribution in [-0.2, 0) is 14.4 Å². The number of aromatic nitrogens is 1. The summed E-state index contributed by atoms with van der Waals surface area (Å²) in [5.41, 5.74) is -0.0686. The summed E-state index contributed by atoms with van der Waals surface area (Å²) in [7, 11) is 0. The van der Waals surface area contributed by atoms with Crippen molar-refractivity contribution in [2.24, 2.45) is 0 Å². The van der Waals surface area contributed by atoms with Crippen LogP contribution in [0.3, 0.4) is 0 Å². The zero-order valence-corrected chi connectivity index (χ0v) is 23.1. The molecule has 2 fully saturated rings. The van der Waals surface area contributed by atoms with Crippen LogP contribution in [0.1, 0.15) is 42.9 Å². The first-order valence-electron chi connectivity index (χ1n) is 13.1. The summed E-state index contributed by atoms with van der Waals surface area (Å²) in [6, 6.07) is 10.1. The van der Waals surface area contributed by atoms with Crippen LogP contribution in [0, 0.1) is 23.7 Å². The zero-order chi connectivity index (χ0) is 30.9. The smallest absolute Gasteiger partial charge is 0.252 e. The average molecular weight is 607 g/mol. The molecule has 0 radical (unpaired) electrons. The van der Waals surface area contributed by atoms with Crippen molar-refractivity contribution < 1.29 is 27.6 Å². The first-order valence-corrected chi connectivity index (χ1v) is 13.5. The van der Waals surface area contributed by atoms with Crippen LogP contribution in [0.5, 0.6) is 0 Å². The second-order valence-corrected chi connectivity index (χ2v) is 10.6. The number of hydrogen-bond acceptors (Lipinski definition) is 5. The highest BCUT2D eigenvalue weighted by molar-refractivity contribution is 6.31. The summed E-state index contributed by atoms with van der Waals surface area (Å²) >= 11 is 6.49. The zero-order valence-electron chi connectivity index (χ0n) is 22.3. The Bertz CT molecular complexity index is 1700. The second-order valence-electron chi connectivity index (χ2n) is 10.2. The van der Waals surface area contributed by atoms with Gasteiger partial charge < -0.3 is 5.32 Å². The lowest BCUT2D eigenvalue weighted by molar-refractivity contribution is -0.133. The van der Waals surface area contributed by atoms with E-state index in [1.807, 2.05) is 6.07 Å². The highest BCUT2D eigenvalue weighted by atomic mass is 35.5. The van der Waals surface area contributed by atoms with Crippen LogP contribution < -0.4 is 15.1 Å². The highest BCUT2D eigenvalue weighted by Crippen LogP contribution is 2.40. The number of carbonyl (C=O) groups is 3. The quantitative estimate of drug-likeness (QED) is 0.358. The van der Waals surface area contributed by atoms with Gasteiger partial charge in [-0.2, -0.15) is 5.26 Å². The number of alkyl halides is 2. The van der Waals surface area contributed by atoms with Crippen molar-refractivity contribution in [3.63, 3.8) is 0 Å². The highest BCUT2D eigenvalue weighted by Gasteiger charge is 2.48. The Kier molecular flexibility index (Phi) is 8.07. The Labute approximate surface area is 249 Å². The van der Waals surface area contributed by atoms with Gasteiger partial charge in [-0.15, -0.1) is 0 Å². The van der Waals surface area contributed by atoms with E-state index < -0.39 is 60.4 Å². The van der Waals surface area contributed by atoms with Gasteiger partial charge in [0.05, 0.1) is 18.2 Å². The molecule has 1 aliphatic carbocycles. The SMILES string of the molecule is [C-]#[N+]c1cc(F)cc(N(C(=O)[C@@H]2CCC(=O)N2c2cc(C#N)ccn2)[C@H](C(=O)NC2CC(F)(F)C2)c2ccccc2Cl)c1. The molecule has 0 bridgehead atoms. The molecule has 1 N–H and O–H groups in total. The molecule has 0 unspecified atom stereocenters. The van der Waals surface area contributed by atoms with E-state index in [9.17, 15) is 32.8 Å². The number of hydrogen-bond donors (Lipinski definition) is 1. The molecule has 2 atom stereocenters. The van der Waals surface area contributed by atoms with E-state index in [0.717, 1.165) is 21.9 Å². The van der Waals surface area contributed by atoms with Crippen molar-refractivity contribution in [1.29, 1.82) is 5.26 Å². The molecular formula is C30H22ClF3N6O3. The van der Waals surface area contributed by atoms with E-state index >= 15 is 0 Å². The normalized spacial score (nSPS) is 18.2. The number of rotatable bonds is 7. The lowest BCUT2D eigenvalue weighted by atomic mass is 9.87. The van der Waals surface area contributed by atoms with Crippen LogP contribution in [0.4, 0.5) is 30.4 Å².